The van der Waals surface area contributed by atoms with Crippen molar-refractivity contribution in [2.24, 2.45) is 0 Å². The summed E-state index contributed by atoms with van der Waals surface area (Å²) in [4.78, 5) is 4.68. The minimum absolute atomic E-state index is 0.154. The monoisotopic (exact) mass is 396 g/mol. The number of hydrogen-bond acceptors (Lipinski definition) is 5. The molecule has 2 heterocycles. The SMILES string of the molecule is Cc1cc(C)n(-c2nc(CCNS(=O)(=O)c3cccc(Cl)c3)cs2)n1. The van der Waals surface area contributed by atoms with E-state index in [2.05, 4.69) is 14.8 Å². The average Bonchev–Trinajstić information content (AvgIpc) is 3.13. The van der Waals surface area contributed by atoms with Gasteiger partial charge in [-0.25, -0.2) is 22.8 Å². The van der Waals surface area contributed by atoms with Crippen molar-refractivity contribution < 1.29 is 8.42 Å². The van der Waals surface area contributed by atoms with E-state index in [0.717, 1.165) is 22.2 Å². The normalized spacial score (nSPS) is 11.8. The third-order valence-electron chi connectivity index (χ3n) is 3.51. The minimum Gasteiger partial charge on any atom is -0.223 e. The van der Waals surface area contributed by atoms with Crippen LogP contribution in [0, 0.1) is 13.8 Å². The molecule has 0 saturated heterocycles. The Bertz CT molecular complexity index is 995. The highest BCUT2D eigenvalue weighted by Gasteiger charge is 2.14. The summed E-state index contributed by atoms with van der Waals surface area (Å²) < 4.78 is 28.9. The van der Waals surface area contributed by atoms with E-state index in [1.807, 2.05) is 25.3 Å². The summed E-state index contributed by atoms with van der Waals surface area (Å²) in [5.74, 6) is 0. The van der Waals surface area contributed by atoms with E-state index in [1.54, 1.807) is 16.8 Å². The van der Waals surface area contributed by atoms with Crippen LogP contribution in [0.1, 0.15) is 17.1 Å². The largest absolute Gasteiger partial charge is 0.240 e. The third-order valence-corrected chi connectivity index (χ3v) is 6.07. The molecule has 3 rings (SSSR count). The van der Waals surface area contributed by atoms with Gasteiger partial charge in [0.2, 0.25) is 15.2 Å². The number of sulfonamides is 1. The maximum Gasteiger partial charge on any atom is 0.240 e. The molecule has 0 unspecified atom stereocenters. The van der Waals surface area contributed by atoms with Gasteiger partial charge in [-0.05, 0) is 38.1 Å². The number of aromatic nitrogens is 3. The van der Waals surface area contributed by atoms with Gasteiger partial charge < -0.3 is 0 Å². The maximum atomic E-state index is 12.2. The van der Waals surface area contributed by atoms with E-state index in [9.17, 15) is 8.42 Å². The molecule has 0 fully saturated rings. The summed E-state index contributed by atoms with van der Waals surface area (Å²) in [6, 6.07) is 8.17. The van der Waals surface area contributed by atoms with E-state index in [0.29, 0.717) is 11.4 Å². The summed E-state index contributed by atoms with van der Waals surface area (Å²) in [6.45, 7) is 4.16. The molecule has 0 atom stereocenters. The van der Waals surface area contributed by atoms with Gasteiger partial charge in [-0.15, -0.1) is 11.3 Å². The van der Waals surface area contributed by atoms with Gasteiger partial charge in [0.1, 0.15) is 0 Å². The number of halogens is 1. The van der Waals surface area contributed by atoms with Crippen molar-refractivity contribution in [2.75, 3.05) is 6.54 Å². The molecule has 0 radical (unpaired) electrons. The van der Waals surface area contributed by atoms with Crippen molar-refractivity contribution in [3.05, 3.63) is 57.8 Å². The molecular weight excluding hydrogens is 380 g/mol. The van der Waals surface area contributed by atoms with E-state index in [1.165, 1.54) is 23.5 Å². The first-order chi connectivity index (χ1) is 11.8. The van der Waals surface area contributed by atoms with E-state index >= 15 is 0 Å². The van der Waals surface area contributed by atoms with E-state index in [-0.39, 0.29) is 11.4 Å². The predicted molar refractivity (Wildman–Crippen MR) is 99.1 cm³/mol. The molecule has 0 spiro atoms. The van der Waals surface area contributed by atoms with Gasteiger partial charge in [0.25, 0.3) is 0 Å². The zero-order chi connectivity index (χ0) is 18.0. The summed E-state index contributed by atoms with van der Waals surface area (Å²) in [7, 11) is -3.58. The molecule has 0 saturated carbocycles. The topological polar surface area (TPSA) is 76.9 Å². The molecule has 9 heteroatoms. The third kappa shape index (κ3) is 4.27. The fourth-order valence-electron chi connectivity index (χ4n) is 2.36. The number of benzene rings is 1. The van der Waals surface area contributed by atoms with Crippen LogP contribution in [0.3, 0.4) is 0 Å². The lowest BCUT2D eigenvalue weighted by molar-refractivity contribution is 0.581. The van der Waals surface area contributed by atoms with Gasteiger partial charge in [0, 0.05) is 29.1 Å². The van der Waals surface area contributed by atoms with Gasteiger partial charge >= 0.3 is 0 Å². The molecule has 0 aliphatic rings. The number of thiazole rings is 1. The quantitative estimate of drug-likeness (QED) is 0.694. The molecule has 0 aliphatic heterocycles. The maximum absolute atomic E-state index is 12.2. The van der Waals surface area contributed by atoms with Crippen molar-refractivity contribution in [1.29, 1.82) is 0 Å². The number of aryl methyl sites for hydroxylation is 2. The van der Waals surface area contributed by atoms with Gasteiger partial charge in [-0.2, -0.15) is 5.10 Å². The smallest absolute Gasteiger partial charge is 0.223 e. The Morgan fingerprint density at radius 1 is 1.28 bits per heavy atom. The lowest BCUT2D eigenvalue weighted by Gasteiger charge is -2.06. The highest BCUT2D eigenvalue weighted by atomic mass is 35.5. The molecule has 0 bridgehead atoms. The van der Waals surface area contributed by atoms with Crippen molar-refractivity contribution in [1.82, 2.24) is 19.5 Å². The molecule has 0 aliphatic carbocycles. The van der Waals surface area contributed by atoms with Gasteiger partial charge in [0.05, 0.1) is 16.3 Å². The van der Waals surface area contributed by atoms with Crippen LogP contribution in [0.25, 0.3) is 5.13 Å². The van der Waals surface area contributed by atoms with Crippen molar-refractivity contribution >= 4 is 33.0 Å². The zero-order valence-electron chi connectivity index (χ0n) is 13.7. The molecule has 132 valence electrons. The van der Waals surface area contributed by atoms with Crippen LogP contribution in [-0.2, 0) is 16.4 Å². The van der Waals surface area contributed by atoms with Crippen molar-refractivity contribution in [2.45, 2.75) is 25.2 Å². The Balaban J connectivity index is 1.64. The lowest BCUT2D eigenvalue weighted by Crippen LogP contribution is -2.26. The standard InChI is InChI=1S/C16H17ClN4O2S2/c1-11-8-12(2)21(20-11)16-19-14(10-24-16)6-7-18-25(22,23)15-5-3-4-13(17)9-15/h3-5,8-10,18H,6-7H2,1-2H3. The molecule has 25 heavy (non-hydrogen) atoms. The molecule has 1 N–H and O–H groups in total. The molecule has 1 aromatic carbocycles. The molecular formula is C16H17ClN4O2S2. The molecule has 6 nitrogen and oxygen atoms in total. The second-order valence-electron chi connectivity index (χ2n) is 5.57. The fraction of sp³-hybridized carbons (Fsp3) is 0.250. The summed E-state index contributed by atoms with van der Waals surface area (Å²) >= 11 is 7.33. The number of rotatable bonds is 6. The first kappa shape index (κ1) is 18.1. The molecule has 2 aromatic heterocycles. The fourth-order valence-corrected chi connectivity index (χ4v) is 4.56. The highest BCUT2D eigenvalue weighted by molar-refractivity contribution is 7.89. The summed E-state index contributed by atoms with van der Waals surface area (Å²) in [6.07, 6.45) is 0.496. The molecule has 0 amide bonds. The highest BCUT2D eigenvalue weighted by Crippen LogP contribution is 2.18. The van der Waals surface area contributed by atoms with Crippen LogP contribution in [0.15, 0.2) is 40.6 Å². The number of nitrogens with one attached hydrogen (secondary N) is 1. The summed E-state index contributed by atoms with van der Waals surface area (Å²) in [5.41, 5.74) is 2.77. The van der Waals surface area contributed by atoms with Crippen LogP contribution in [0.5, 0.6) is 0 Å². The second-order valence-corrected chi connectivity index (χ2v) is 8.61. The van der Waals surface area contributed by atoms with Gasteiger partial charge in [-0.3, -0.25) is 0 Å². The van der Waals surface area contributed by atoms with Crippen LogP contribution in [0.4, 0.5) is 0 Å². The lowest BCUT2D eigenvalue weighted by atomic mass is 10.3. The summed E-state index contributed by atoms with van der Waals surface area (Å²) in [5, 5.41) is 7.48. The van der Waals surface area contributed by atoms with Crippen LogP contribution >= 0.6 is 22.9 Å². The van der Waals surface area contributed by atoms with Crippen LogP contribution in [-0.4, -0.2) is 29.7 Å². The van der Waals surface area contributed by atoms with E-state index in [4.69, 9.17) is 11.6 Å². The Labute approximate surface area is 155 Å². The van der Waals surface area contributed by atoms with Gasteiger partial charge in [0.15, 0.2) is 0 Å². The molecule has 3 aromatic rings. The average molecular weight is 397 g/mol. The Morgan fingerprint density at radius 3 is 2.76 bits per heavy atom. The zero-order valence-corrected chi connectivity index (χ0v) is 16.1. The van der Waals surface area contributed by atoms with Crippen LogP contribution in [0.2, 0.25) is 5.02 Å². The Kier molecular flexibility index (Phi) is 5.24. The van der Waals surface area contributed by atoms with Crippen LogP contribution < -0.4 is 4.72 Å². The number of hydrogen-bond donors (Lipinski definition) is 1. The minimum atomic E-state index is -3.58. The van der Waals surface area contributed by atoms with Gasteiger partial charge in [-0.1, -0.05) is 17.7 Å². The predicted octanol–water partition coefficient (Wildman–Crippen LogP) is 3.12. The van der Waals surface area contributed by atoms with E-state index < -0.39 is 10.0 Å². The van der Waals surface area contributed by atoms with Crippen molar-refractivity contribution in [3.63, 3.8) is 0 Å². The first-order valence-corrected chi connectivity index (χ1v) is 10.3. The first-order valence-electron chi connectivity index (χ1n) is 7.58. The second kappa shape index (κ2) is 7.25. The Hall–Kier alpha value is -1.74. The number of nitrogens with zero attached hydrogens (tertiary/aromatic N) is 3. The Morgan fingerprint density at radius 2 is 2.08 bits per heavy atom. The van der Waals surface area contributed by atoms with Crippen molar-refractivity contribution in [3.8, 4) is 5.13 Å².